The Morgan fingerprint density at radius 1 is 1.38 bits per heavy atom. The van der Waals surface area contributed by atoms with Gasteiger partial charge < -0.3 is 15.2 Å². The Morgan fingerprint density at radius 3 is 2.54 bits per heavy atom. The smallest absolute Gasteiger partial charge is 0.0781 e. The number of hydrogen-bond donors (Lipinski definition) is 2. The van der Waals surface area contributed by atoms with Crippen molar-refractivity contribution in [1.82, 2.24) is 5.32 Å². The van der Waals surface area contributed by atoms with E-state index < -0.39 is 0 Å². The molecule has 2 fully saturated rings. The third kappa shape index (κ3) is 2.22. The molecule has 2 heterocycles. The molecule has 3 unspecified atom stereocenters. The van der Waals surface area contributed by atoms with Crippen LogP contribution in [0.2, 0.25) is 0 Å². The standard InChI is InChI=1S/C10H19NO2/c1-7(6-12)13-10-4-8-2-3-9(5-10)11-8/h7-12H,2-6H2,1H3. The van der Waals surface area contributed by atoms with E-state index in [-0.39, 0.29) is 12.7 Å². The maximum Gasteiger partial charge on any atom is 0.0781 e. The van der Waals surface area contributed by atoms with E-state index in [0.717, 1.165) is 12.8 Å². The summed E-state index contributed by atoms with van der Waals surface area (Å²) in [6.45, 7) is 2.07. The summed E-state index contributed by atoms with van der Waals surface area (Å²) >= 11 is 0. The van der Waals surface area contributed by atoms with E-state index in [0.29, 0.717) is 18.2 Å². The lowest BCUT2D eigenvalue weighted by atomic mass is 10.0. The van der Waals surface area contributed by atoms with Gasteiger partial charge in [0.2, 0.25) is 0 Å². The Balaban J connectivity index is 1.81. The second-order valence-corrected chi connectivity index (χ2v) is 4.36. The van der Waals surface area contributed by atoms with Gasteiger partial charge in [0.15, 0.2) is 0 Å². The fourth-order valence-corrected chi connectivity index (χ4v) is 2.49. The summed E-state index contributed by atoms with van der Waals surface area (Å²) in [5.74, 6) is 0. The average molecular weight is 185 g/mol. The molecule has 0 aromatic carbocycles. The van der Waals surface area contributed by atoms with Gasteiger partial charge in [-0.2, -0.15) is 0 Å². The highest BCUT2D eigenvalue weighted by Crippen LogP contribution is 2.28. The number of rotatable bonds is 3. The largest absolute Gasteiger partial charge is 0.394 e. The van der Waals surface area contributed by atoms with E-state index in [9.17, 15) is 0 Å². The lowest BCUT2D eigenvalue weighted by molar-refractivity contribution is -0.0482. The Morgan fingerprint density at radius 2 is 2.00 bits per heavy atom. The molecule has 0 radical (unpaired) electrons. The van der Waals surface area contributed by atoms with E-state index in [1.165, 1.54) is 12.8 Å². The summed E-state index contributed by atoms with van der Waals surface area (Å²) in [6, 6.07) is 1.35. The highest BCUT2D eigenvalue weighted by molar-refractivity contribution is 4.92. The predicted molar refractivity (Wildman–Crippen MR) is 50.6 cm³/mol. The summed E-state index contributed by atoms with van der Waals surface area (Å²) < 4.78 is 5.73. The molecule has 76 valence electrons. The van der Waals surface area contributed by atoms with Crippen molar-refractivity contribution in [3.05, 3.63) is 0 Å². The number of fused-ring (bicyclic) bond motifs is 2. The molecule has 2 rings (SSSR count). The first kappa shape index (κ1) is 9.44. The number of nitrogens with one attached hydrogen (secondary N) is 1. The topological polar surface area (TPSA) is 41.5 Å². The second kappa shape index (κ2) is 3.95. The third-order valence-corrected chi connectivity index (χ3v) is 3.11. The molecule has 2 saturated heterocycles. The summed E-state index contributed by atoms with van der Waals surface area (Å²) in [6.07, 6.45) is 5.24. The number of aliphatic hydroxyl groups excluding tert-OH is 1. The van der Waals surface area contributed by atoms with Gasteiger partial charge in [-0.25, -0.2) is 0 Å². The molecule has 2 N–H and O–H groups in total. The first-order valence-electron chi connectivity index (χ1n) is 5.30. The van der Waals surface area contributed by atoms with Crippen LogP contribution < -0.4 is 5.32 Å². The van der Waals surface area contributed by atoms with Gasteiger partial charge in [-0.15, -0.1) is 0 Å². The SMILES string of the molecule is CC(CO)OC1CC2CCC(C1)N2. The second-order valence-electron chi connectivity index (χ2n) is 4.36. The maximum atomic E-state index is 8.87. The zero-order valence-corrected chi connectivity index (χ0v) is 8.20. The fraction of sp³-hybridized carbons (Fsp3) is 1.00. The monoisotopic (exact) mass is 185 g/mol. The van der Waals surface area contributed by atoms with E-state index in [4.69, 9.17) is 9.84 Å². The van der Waals surface area contributed by atoms with Gasteiger partial charge >= 0.3 is 0 Å². The first-order chi connectivity index (χ1) is 6.28. The highest BCUT2D eigenvalue weighted by Gasteiger charge is 2.34. The van der Waals surface area contributed by atoms with Crippen molar-refractivity contribution in [2.75, 3.05) is 6.61 Å². The van der Waals surface area contributed by atoms with Gasteiger partial charge in [0.1, 0.15) is 0 Å². The van der Waals surface area contributed by atoms with E-state index >= 15 is 0 Å². The molecule has 0 aromatic rings. The van der Waals surface area contributed by atoms with Crippen molar-refractivity contribution in [3.8, 4) is 0 Å². The van der Waals surface area contributed by atoms with Crippen LogP contribution in [0.5, 0.6) is 0 Å². The molecule has 3 heteroatoms. The van der Waals surface area contributed by atoms with Crippen molar-refractivity contribution in [3.63, 3.8) is 0 Å². The van der Waals surface area contributed by atoms with E-state index in [1.54, 1.807) is 0 Å². The number of hydrogen-bond acceptors (Lipinski definition) is 3. The highest BCUT2D eigenvalue weighted by atomic mass is 16.5. The molecule has 3 atom stereocenters. The molecule has 0 spiro atoms. The molecule has 2 aliphatic heterocycles. The molecule has 0 amide bonds. The summed E-state index contributed by atoms with van der Waals surface area (Å²) in [4.78, 5) is 0. The molecule has 0 aliphatic carbocycles. The lowest BCUT2D eigenvalue weighted by Crippen LogP contribution is -2.42. The average Bonchev–Trinajstić information content (AvgIpc) is 2.46. The van der Waals surface area contributed by atoms with Gasteiger partial charge in [-0.3, -0.25) is 0 Å². The van der Waals surface area contributed by atoms with Crippen molar-refractivity contribution < 1.29 is 9.84 Å². The molecule has 2 aliphatic rings. The van der Waals surface area contributed by atoms with Crippen LogP contribution in [0, 0.1) is 0 Å². The van der Waals surface area contributed by atoms with E-state index in [2.05, 4.69) is 5.32 Å². The third-order valence-electron chi connectivity index (χ3n) is 3.11. The van der Waals surface area contributed by atoms with Gasteiger partial charge in [0.05, 0.1) is 18.8 Å². The van der Waals surface area contributed by atoms with Crippen LogP contribution in [0.3, 0.4) is 0 Å². The molecular weight excluding hydrogens is 166 g/mol. The zero-order valence-electron chi connectivity index (χ0n) is 8.20. The number of ether oxygens (including phenoxy) is 1. The number of piperidine rings is 1. The van der Waals surface area contributed by atoms with Crippen molar-refractivity contribution in [2.24, 2.45) is 0 Å². The Hall–Kier alpha value is -0.120. The molecular formula is C10H19NO2. The quantitative estimate of drug-likeness (QED) is 0.679. The Labute approximate surface area is 79.5 Å². The van der Waals surface area contributed by atoms with Crippen molar-refractivity contribution in [1.29, 1.82) is 0 Å². The van der Waals surface area contributed by atoms with Crippen LogP contribution >= 0.6 is 0 Å². The molecule has 2 bridgehead atoms. The van der Waals surface area contributed by atoms with Crippen LogP contribution in [-0.2, 0) is 4.74 Å². The molecule has 0 saturated carbocycles. The van der Waals surface area contributed by atoms with Gasteiger partial charge in [0, 0.05) is 12.1 Å². The number of aliphatic hydroxyl groups is 1. The minimum Gasteiger partial charge on any atom is -0.394 e. The van der Waals surface area contributed by atoms with Gasteiger partial charge in [-0.05, 0) is 32.6 Å². The minimum atomic E-state index is 0.00231. The van der Waals surface area contributed by atoms with Crippen LogP contribution in [0.15, 0.2) is 0 Å². The van der Waals surface area contributed by atoms with Crippen LogP contribution in [-0.4, -0.2) is 36.0 Å². The molecule has 0 aromatic heterocycles. The summed E-state index contributed by atoms with van der Waals surface area (Å²) in [5.41, 5.74) is 0. The van der Waals surface area contributed by atoms with Crippen molar-refractivity contribution in [2.45, 2.75) is 56.9 Å². The minimum absolute atomic E-state index is 0.00231. The maximum absolute atomic E-state index is 8.87. The van der Waals surface area contributed by atoms with Crippen LogP contribution in [0.4, 0.5) is 0 Å². The normalized spacial score (nSPS) is 40.6. The van der Waals surface area contributed by atoms with Gasteiger partial charge in [-0.1, -0.05) is 0 Å². The van der Waals surface area contributed by atoms with Gasteiger partial charge in [0.25, 0.3) is 0 Å². The van der Waals surface area contributed by atoms with Crippen LogP contribution in [0.1, 0.15) is 32.6 Å². The molecule has 3 nitrogen and oxygen atoms in total. The first-order valence-corrected chi connectivity index (χ1v) is 5.30. The Bertz CT molecular complexity index is 162. The van der Waals surface area contributed by atoms with Crippen LogP contribution in [0.25, 0.3) is 0 Å². The molecule has 13 heavy (non-hydrogen) atoms. The van der Waals surface area contributed by atoms with Crippen molar-refractivity contribution >= 4 is 0 Å². The summed E-state index contributed by atoms with van der Waals surface area (Å²) in [7, 11) is 0. The predicted octanol–water partition coefficient (Wildman–Crippen LogP) is 0.667. The summed E-state index contributed by atoms with van der Waals surface area (Å²) in [5, 5.41) is 12.4. The lowest BCUT2D eigenvalue weighted by Gasteiger charge is -2.30. The Kier molecular flexibility index (Phi) is 2.86. The van der Waals surface area contributed by atoms with E-state index in [1.807, 2.05) is 6.92 Å². The fourth-order valence-electron chi connectivity index (χ4n) is 2.49. The zero-order chi connectivity index (χ0) is 9.26.